The highest BCUT2D eigenvalue weighted by atomic mass is 16.5. The van der Waals surface area contributed by atoms with Gasteiger partial charge in [-0.15, -0.1) is 0 Å². The van der Waals surface area contributed by atoms with Crippen molar-refractivity contribution in [2.75, 3.05) is 19.8 Å². The molecule has 2 N–H and O–H groups in total. The van der Waals surface area contributed by atoms with Crippen molar-refractivity contribution in [1.82, 2.24) is 10.2 Å². The fraction of sp³-hybridized carbons (Fsp3) is 0.857. The minimum absolute atomic E-state index is 0.0644. The Morgan fingerprint density at radius 2 is 1.90 bits per heavy atom. The van der Waals surface area contributed by atoms with Crippen LogP contribution in [0.3, 0.4) is 0 Å². The van der Waals surface area contributed by atoms with E-state index in [4.69, 9.17) is 9.84 Å². The smallest absolute Gasteiger partial charge is 0.323 e. The quantitative estimate of drug-likeness (QED) is 0.821. The highest BCUT2D eigenvalue weighted by Crippen LogP contribution is 2.25. The molecule has 0 radical (unpaired) electrons. The third-order valence-corrected chi connectivity index (χ3v) is 4.34. The maximum atomic E-state index is 12.4. The molecule has 2 fully saturated rings. The van der Waals surface area contributed by atoms with Crippen LogP contribution in [0.2, 0.25) is 0 Å². The summed E-state index contributed by atoms with van der Waals surface area (Å²) in [7, 11) is 0. The van der Waals surface area contributed by atoms with Crippen LogP contribution in [0.1, 0.15) is 45.4 Å². The Morgan fingerprint density at radius 1 is 1.30 bits per heavy atom. The van der Waals surface area contributed by atoms with Gasteiger partial charge in [0, 0.05) is 24.8 Å². The van der Waals surface area contributed by atoms with Gasteiger partial charge in [0.1, 0.15) is 6.54 Å². The lowest BCUT2D eigenvalue weighted by Gasteiger charge is -2.37. The van der Waals surface area contributed by atoms with E-state index in [9.17, 15) is 9.59 Å². The number of urea groups is 1. The minimum atomic E-state index is -0.954. The molecule has 2 rings (SSSR count). The van der Waals surface area contributed by atoms with Crippen LogP contribution in [0, 0.1) is 0 Å². The molecule has 114 valence electrons. The number of carboxylic acids is 1. The molecule has 1 saturated heterocycles. The maximum Gasteiger partial charge on any atom is 0.323 e. The molecular formula is C14H24N2O4. The van der Waals surface area contributed by atoms with Crippen molar-refractivity contribution in [3.63, 3.8) is 0 Å². The summed E-state index contributed by atoms with van der Waals surface area (Å²) in [5.74, 6) is -0.954. The second kappa shape index (κ2) is 6.43. The van der Waals surface area contributed by atoms with E-state index >= 15 is 0 Å². The highest BCUT2D eigenvalue weighted by molar-refractivity contribution is 5.81. The zero-order valence-electron chi connectivity index (χ0n) is 12.1. The fourth-order valence-electron chi connectivity index (χ4n) is 3.01. The van der Waals surface area contributed by atoms with Gasteiger partial charge in [-0.3, -0.25) is 4.79 Å². The van der Waals surface area contributed by atoms with E-state index in [-0.39, 0.29) is 24.2 Å². The molecule has 1 aliphatic carbocycles. The van der Waals surface area contributed by atoms with Gasteiger partial charge in [0.15, 0.2) is 0 Å². The van der Waals surface area contributed by atoms with Crippen molar-refractivity contribution < 1.29 is 19.4 Å². The number of nitrogens with zero attached hydrogens (tertiary/aromatic N) is 1. The first-order valence-electron chi connectivity index (χ1n) is 7.38. The summed E-state index contributed by atoms with van der Waals surface area (Å²) in [5.41, 5.74) is -0.287. The van der Waals surface area contributed by atoms with Crippen LogP contribution in [-0.2, 0) is 9.53 Å². The predicted octanol–water partition coefficient (Wildman–Crippen LogP) is 1.59. The van der Waals surface area contributed by atoms with Crippen LogP contribution in [0.25, 0.3) is 0 Å². The number of ether oxygens (including phenoxy) is 1. The molecule has 20 heavy (non-hydrogen) atoms. The molecule has 2 amide bonds. The number of nitrogens with one attached hydrogen (secondary N) is 1. The molecule has 0 spiro atoms. The summed E-state index contributed by atoms with van der Waals surface area (Å²) in [6, 6.07) is -0.182. The van der Waals surface area contributed by atoms with Gasteiger partial charge in [-0.25, -0.2) is 4.79 Å². The van der Waals surface area contributed by atoms with Crippen molar-refractivity contribution in [1.29, 1.82) is 0 Å². The number of carbonyl (C=O) groups is 2. The van der Waals surface area contributed by atoms with Gasteiger partial charge >= 0.3 is 12.0 Å². The van der Waals surface area contributed by atoms with Gasteiger partial charge in [-0.1, -0.05) is 12.8 Å². The van der Waals surface area contributed by atoms with E-state index in [1.54, 1.807) is 0 Å². The fourth-order valence-corrected chi connectivity index (χ4v) is 3.01. The van der Waals surface area contributed by atoms with Crippen molar-refractivity contribution in [3.05, 3.63) is 0 Å². The molecule has 0 aromatic rings. The molecule has 0 aromatic heterocycles. The Hall–Kier alpha value is -1.30. The van der Waals surface area contributed by atoms with Crippen molar-refractivity contribution >= 4 is 12.0 Å². The number of rotatable bonds is 4. The van der Waals surface area contributed by atoms with Crippen LogP contribution in [0.5, 0.6) is 0 Å². The molecule has 6 heteroatoms. The second-order valence-corrected chi connectivity index (χ2v) is 6.06. The number of amides is 2. The third-order valence-electron chi connectivity index (χ3n) is 4.34. The SMILES string of the molecule is CC1(NC(=O)N(CC(=O)O)C2CCCC2)CCOCC1. The molecule has 6 nitrogen and oxygen atoms in total. The molecule has 0 unspecified atom stereocenters. The number of hydrogen-bond donors (Lipinski definition) is 2. The molecule has 1 heterocycles. The monoisotopic (exact) mass is 284 g/mol. The van der Waals surface area contributed by atoms with Gasteiger partial charge in [0.05, 0.1) is 0 Å². The summed E-state index contributed by atoms with van der Waals surface area (Å²) in [5, 5.41) is 12.0. The maximum absolute atomic E-state index is 12.4. The minimum Gasteiger partial charge on any atom is -0.480 e. The molecule has 0 bridgehead atoms. The van der Waals surface area contributed by atoms with Crippen molar-refractivity contribution in [2.24, 2.45) is 0 Å². The first-order valence-corrected chi connectivity index (χ1v) is 7.38. The van der Waals surface area contributed by atoms with E-state index in [1.807, 2.05) is 6.92 Å². The average Bonchev–Trinajstić information content (AvgIpc) is 2.89. The summed E-state index contributed by atoms with van der Waals surface area (Å²) >= 11 is 0. The van der Waals surface area contributed by atoms with Crippen LogP contribution >= 0.6 is 0 Å². The number of aliphatic carboxylic acids is 1. The number of hydrogen-bond acceptors (Lipinski definition) is 3. The van der Waals surface area contributed by atoms with Crippen LogP contribution < -0.4 is 5.32 Å². The van der Waals surface area contributed by atoms with E-state index in [1.165, 1.54) is 4.90 Å². The second-order valence-electron chi connectivity index (χ2n) is 6.06. The summed E-state index contributed by atoms with van der Waals surface area (Å²) < 4.78 is 5.31. The Kier molecular flexibility index (Phi) is 4.86. The van der Waals surface area contributed by atoms with Gasteiger partial charge in [-0.2, -0.15) is 0 Å². The largest absolute Gasteiger partial charge is 0.480 e. The lowest BCUT2D eigenvalue weighted by molar-refractivity contribution is -0.138. The van der Waals surface area contributed by atoms with Crippen molar-refractivity contribution in [3.8, 4) is 0 Å². The average molecular weight is 284 g/mol. The van der Waals surface area contributed by atoms with Crippen LogP contribution in [0.4, 0.5) is 4.79 Å². The Labute approximate surface area is 119 Å². The Balaban J connectivity index is 1.99. The standard InChI is InChI=1S/C14H24N2O4/c1-14(6-8-20-9-7-14)15-13(19)16(10-12(17)18)11-4-2-3-5-11/h11H,2-10H2,1H3,(H,15,19)(H,17,18). The summed E-state index contributed by atoms with van der Waals surface area (Å²) in [6.07, 6.45) is 5.48. The highest BCUT2D eigenvalue weighted by Gasteiger charge is 2.34. The normalized spacial score (nSPS) is 22.4. The molecular weight excluding hydrogens is 260 g/mol. The van der Waals surface area contributed by atoms with E-state index in [0.29, 0.717) is 13.2 Å². The zero-order chi connectivity index (χ0) is 14.6. The third kappa shape index (κ3) is 3.85. The van der Waals surface area contributed by atoms with Crippen LogP contribution in [-0.4, -0.2) is 53.3 Å². The van der Waals surface area contributed by atoms with Gasteiger partial charge in [0.2, 0.25) is 0 Å². The summed E-state index contributed by atoms with van der Waals surface area (Å²) in [6.45, 7) is 3.06. The number of carbonyl (C=O) groups excluding carboxylic acids is 1. The first-order chi connectivity index (χ1) is 9.50. The first kappa shape index (κ1) is 15.1. The molecule has 0 atom stereocenters. The van der Waals surface area contributed by atoms with E-state index < -0.39 is 5.97 Å². The van der Waals surface area contributed by atoms with E-state index in [0.717, 1.165) is 38.5 Å². The van der Waals surface area contributed by atoms with Gasteiger partial charge < -0.3 is 20.1 Å². The molecule has 1 saturated carbocycles. The Morgan fingerprint density at radius 3 is 2.45 bits per heavy atom. The molecule has 0 aromatic carbocycles. The van der Waals surface area contributed by atoms with Gasteiger partial charge in [-0.05, 0) is 32.6 Å². The lowest BCUT2D eigenvalue weighted by atomic mass is 9.93. The topological polar surface area (TPSA) is 78.9 Å². The Bertz CT molecular complexity index is 360. The van der Waals surface area contributed by atoms with Crippen LogP contribution in [0.15, 0.2) is 0 Å². The van der Waals surface area contributed by atoms with Crippen molar-refractivity contribution in [2.45, 2.75) is 57.0 Å². The predicted molar refractivity (Wildman–Crippen MR) is 73.6 cm³/mol. The van der Waals surface area contributed by atoms with Gasteiger partial charge in [0.25, 0.3) is 0 Å². The molecule has 2 aliphatic rings. The molecule has 1 aliphatic heterocycles. The lowest BCUT2D eigenvalue weighted by Crippen LogP contribution is -2.56. The van der Waals surface area contributed by atoms with E-state index in [2.05, 4.69) is 5.32 Å². The zero-order valence-corrected chi connectivity index (χ0v) is 12.1. The number of carboxylic acid groups (broad SMARTS) is 1. The summed E-state index contributed by atoms with van der Waals surface area (Å²) in [4.78, 5) is 24.9.